The number of alkyl halides is 2. The molecule has 1 aliphatic rings. The molecule has 1 fully saturated rings. The Morgan fingerprint density at radius 3 is 2.71 bits per heavy atom. The number of nitrogens with one attached hydrogen (secondary N) is 2. The number of pyridine rings is 3. The van der Waals surface area contributed by atoms with E-state index >= 15 is 0 Å². The van der Waals surface area contributed by atoms with Crippen molar-refractivity contribution >= 4 is 23.3 Å². The third kappa shape index (κ3) is 5.57. The molecule has 11 heteroatoms. The molecule has 0 spiro atoms. The van der Waals surface area contributed by atoms with Gasteiger partial charge in [-0.2, -0.15) is 0 Å². The quantitative estimate of drug-likeness (QED) is 0.541. The molecule has 0 aliphatic carbocycles. The van der Waals surface area contributed by atoms with E-state index in [9.17, 15) is 18.4 Å². The molecular formula is C23H22ClF2N5O3. The second-order valence-electron chi connectivity index (χ2n) is 8.01. The fraction of sp³-hybridized carbons (Fsp3) is 0.304. The highest BCUT2D eigenvalue weighted by atomic mass is 35.5. The zero-order valence-corrected chi connectivity index (χ0v) is 18.9. The Morgan fingerprint density at radius 2 is 2.06 bits per heavy atom. The van der Waals surface area contributed by atoms with Crippen molar-refractivity contribution in [2.24, 2.45) is 0 Å². The highest BCUT2D eigenvalue weighted by Gasteiger charge is 2.46. The number of carbonyl (C=O) groups excluding carboxylic acids is 1. The van der Waals surface area contributed by atoms with E-state index < -0.39 is 24.3 Å². The first-order valence-corrected chi connectivity index (χ1v) is 11.0. The largest absolute Gasteiger partial charge is 0.437 e. The lowest BCUT2D eigenvalue weighted by atomic mass is 9.87. The summed E-state index contributed by atoms with van der Waals surface area (Å²) in [5.41, 5.74) is -0.0323. The molecule has 8 nitrogen and oxygen atoms in total. The second-order valence-corrected chi connectivity index (χ2v) is 8.44. The van der Waals surface area contributed by atoms with Crippen LogP contribution in [-0.2, 0) is 4.79 Å². The second kappa shape index (κ2) is 9.86. The number of hydrogen-bond acceptors (Lipinski definition) is 6. The van der Waals surface area contributed by atoms with Gasteiger partial charge in [-0.15, -0.1) is 0 Å². The third-order valence-corrected chi connectivity index (χ3v) is 5.93. The van der Waals surface area contributed by atoms with Crippen LogP contribution in [0.4, 0.5) is 14.6 Å². The number of amides is 1. The molecule has 4 rings (SSSR count). The molecule has 3 aromatic heterocycles. The first-order valence-electron chi connectivity index (χ1n) is 10.6. The van der Waals surface area contributed by atoms with Gasteiger partial charge in [0.1, 0.15) is 11.6 Å². The lowest BCUT2D eigenvalue weighted by molar-refractivity contribution is -0.125. The monoisotopic (exact) mass is 489 g/mol. The van der Waals surface area contributed by atoms with E-state index in [4.69, 9.17) is 16.3 Å². The number of aromatic amines is 1. The Kier molecular flexibility index (Phi) is 6.90. The number of hydrogen-bond donors (Lipinski definition) is 2. The van der Waals surface area contributed by atoms with Gasteiger partial charge in [0.05, 0.1) is 23.2 Å². The molecule has 4 heterocycles. The van der Waals surface area contributed by atoms with Crippen molar-refractivity contribution in [3.05, 3.63) is 75.9 Å². The van der Waals surface area contributed by atoms with Crippen molar-refractivity contribution in [2.45, 2.75) is 31.2 Å². The predicted octanol–water partition coefficient (Wildman–Crippen LogP) is 4.06. The Morgan fingerprint density at radius 1 is 1.24 bits per heavy atom. The maximum Gasteiger partial charge on any atom is 0.257 e. The van der Waals surface area contributed by atoms with Gasteiger partial charge in [-0.1, -0.05) is 17.7 Å². The van der Waals surface area contributed by atoms with Crippen molar-refractivity contribution in [3.8, 4) is 11.6 Å². The number of ether oxygens (including phenoxy) is 1. The topological polar surface area (TPSA) is 100 Å². The number of halogens is 3. The molecule has 1 amide bonds. The summed E-state index contributed by atoms with van der Waals surface area (Å²) in [5, 5.41) is 3.19. The smallest absolute Gasteiger partial charge is 0.257 e. The van der Waals surface area contributed by atoms with Crippen LogP contribution in [0.2, 0.25) is 5.02 Å². The molecule has 3 aromatic rings. The van der Waals surface area contributed by atoms with Crippen LogP contribution in [0.5, 0.6) is 11.6 Å². The van der Waals surface area contributed by atoms with Crippen LogP contribution in [0.15, 0.2) is 59.8 Å². The Bertz CT molecular complexity index is 1180. The first kappa shape index (κ1) is 23.8. The van der Waals surface area contributed by atoms with Crippen molar-refractivity contribution in [1.29, 1.82) is 0 Å². The fourth-order valence-electron chi connectivity index (χ4n) is 3.72. The number of anilines is 1. The van der Waals surface area contributed by atoms with Crippen LogP contribution in [0.1, 0.15) is 24.8 Å². The van der Waals surface area contributed by atoms with Crippen LogP contribution in [-0.4, -0.2) is 50.8 Å². The van der Waals surface area contributed by atoms with Gasteiger partial charge in [-0.25, -0.2) is 18.7 Å². The number of piperidine rings is 1. The Balaban J connectivity index is 1.38. The summed E-state index contributed by atoms with van der Waals surface area (Å²) in [6.45, 7) is 1.70. The molecule has 1 saturated heterocycles. The van der Waals surface area contributed by atoms with E-state index in [1.807, 2.05) is 0 Å². The minimum atomic E-state index is -2.94. The standard InChI is InChI=1S/C23H22ClF2N5O3/c1-14(31-9-8-23(25,26)18(13-31)15-2-6-20(32)28-10-15)22(33)30-19-5-4-17(12-27-19)34-21-7-3-16(24)11-29-21/h2-7,10-12,14,18H,8-9,13H2,1H3,(H,28,32)(H,27,30,33)/t14-,18+/m0/s1. The summed E-state index contributed by atoms with van der Waals surface area (Å²) in [4.78, 5) is 36.4. The summed E-state index contributed by atoms with van der Waals surface area (Å²) in [7, 11) is 0. The van der Waals surface area contributed by atoms with Crippen molar-refractivity contribution < 1.29 is 18.3 Å². The van der Waals surface area contributed by atoms with Gasteiger partial charge in [-0.05, 0) is 30.7 Å². The molecule has 0 aromatic carbocycles. The summed E-state index contributed by atoms with van der Waals surface area (Å²) in [6.07, 6.45) is 3.81. The summed E-state index contributed by atoms with van der Waals surface area (Å²) in [5.74, 6) is -3.39. The van der Waals surface area contributed by atoms with Crippen LogP contribution < -0.4 is 15.6 Å². The van der Waals surface area contributed by atoms with Gasteiger partial charge >= 0.3 is 0 Å². The lowest BCUT2D eigenvalue weighted by Gasteiger charge is -2.40. The number of likely N-dealkylation sites (tertiary alicyclic amines) is 1. The van der Waals surface area contributed by atoms with Crippen molar-refractivity contribution in [1.82, 2.24) is 19.9 Å². The highest BCUT2D eigenvalue weighted by molar-refractivity contribution is 6.30. The SMILES string of the molecule is C[C@@H](C(=O)Nc1ccc(Oc2ccc(Cl)cn2)cn1)N1CCC(F)(F)[C@@H](c2ccc(=O)[nH]c2)C1. The molecule has 1 aliphatic heterocycles. The first-order chi connectivity index (χ1) is 16.2. The van der Waals surface area contributed by atoms with Crippen LogP contribution in [0.3, 0.4) is 0 Å². The zero-order valence-electron chi connectivity index (χ0n) is 18.2. The third-order valence-electron chi connectivity index (χ3n) is 5.71. The molecule has 34 heavy (non-hydrogen) atoms. The summed E-state index contributed by atoms with van der Waals surface area (Å²) < 4.78 is 34.8. The highest BCUT2D eigenvalue weighted by Crippen LogP contribution is 2.40. The molecule has 0 unspecified atom stereocenters. The molecule has 2 N–H and O–H groups in total. The predicted molar refractivity (Wildman–Crippen MR) is 123 cm³/mol. The van der Waals surface area contributed by atoms with Gasteiger partial charge in [0, 0.05) is 44.0 Å². The van der Waals surface area contributed by atoms with E-state index in [0.717, 1.165) is 0 Å². The van der Waals surface area contributed by atoms with Gasteiger partial charge < -0.3 is 15.0 Å². The summed E-state index contributed by atoms with van der Waals surface area (Å²) in [6, 6.07) is 8.41. The number of rotatable bonds is 6. The lowest BCUT2D eigenvalue weighted by Crippen LogP contribution is -2.52. The maximum absolute atomic E-state index is 14.6. The van der Waals surface area contributed by atoms with Crippen molar-refractivity contribution in [2.75, 3.05) is 18.4 Å². The molecule has 0 bridgehead atoms. The average Bonchev–Trinajstić information content (AvgIpc) is 2.82. The average molecular weight is 490 g/mol. The van der Waals surface area contributed by atoms with Crippen LogP contribution >= 0.6 is 11.6 Å². The van der Waals surface area contributed by atoms with Crippen LogP contribution in [0, 0.1) is 0 Å². The minimum Gasteiger partial charge on any atom is -0.437 e. The summed E-state index contributed by atoms with van der Waals surface area (Å²) >= 11 is 5.80. The number of carbonyl (C=O) groups is 1. The maximum atomic E-state index is 14.6. The Labute approximate surface area is 198 Å². The number of H-pyrrole nitrogens is 1. The molecule has 178 valence electrons. The number of nitrogens with zero attached hydrogens (tertiary/aromatic N) is 3. The zero-order chi connectivity index (χ0) is 24.3. The van der Waals surface area contributed by atoms with Gasteiger partial charge in [0.2, 0.25) is 17.3 Å². The van der Waals surface area contributed by atoms with Gasteiger partial charge in [0.15, 0.2) is 0 Å². The van der Waals surface area contributed by atoms with Crippen LogP contribution in [0.25, 0.3) is 0 Å². The van der Waals surface area contributed by atoms with E-state index in [0.29, 0.717) is 28.0 Å². The van der Waals surface area contributed by atoms with Gasteiger partial charge in [0.25, 0.3) is 5.92 Å². The fourth-order valence-corrected chi connectivity index (χ4v) is 3.83. The van der Waals surface area contributed by atoms with Crippen molar-refractivity contribution in [3.63, 3.8) is 0 Å². The molecule has 0 radical (unpaired) electrons. The van der Waals surface area contributed by atoms with E-state index in [2.05, 4.69) is 20.3 Å². The number of aromatic nitrogens is 3. The molecule has 0 saturated carbocycles. The molecular weight excluding hydrogens is 468 g/mol. The minimum absolute atomic E-state index is 0.0259. The molecule has 2 atom stereocenters. The Hall–Kier alpha value is -3.37. The van der Waals surface area contributed by atoms with E-state index in [1.54, 1.807) is 36.1 Å². The van der Waals surface area contributed by atoms with E-state index in [1.165, 1.54) is 30.7 Å². The van der Waals surface area contributed by atoms with Gasteiger partial charge in [-0.3, -0.25) is 14.5 Å². The normalized spacial score (nSPS) is 18.8. The van der Waals surface area contributed by atoms with E-state index in [-0.39, 0.29) is 24.6 Å².